The molecule has 1 saturated carbocycles. The van der Waals surface area contributed by atoms with Gasteiger partial charge in [-0.2, -0.15) is 18.4 Å². The third kappa shape index (κ3) is 5.84. The van der Waals surface area contributed by atoms with Crippen molar-refractivity contribution in [1.29, 1.82) is 5.26 Å². The van der Waals surface area contributed by atoms with Crippen molar-refractivity contribution in [3.05, 3.63) is 77.2 Å². The number of carbonyl (C=O) groups excluding carboxylic acids is 2. The second-order valence-electron chi connectivity index (χ2n) is 10.5. The Bertz CT molecular complexity index is 1720. The largest absolute Gasteiger partial charge is 0.437 e. The van der Waals surface area contributed by atoms with Crippen LogP contribution in [0.5, 0.6) is 0 Å². The van der Waals surface area contributed by atoms with E-state index in [1.165, 1.54) is 43.4 Å². The van der Waals surface area contributed by atoms with Gasteiger partial charge in [0.2, 0.25) is 5.71 Å². The highest BCUT2D eigenvalue weighted by molar-refractivity contribution is 6.11. The fraction of sp³-hybridized carbons (Fsp3) is 0.290. The number of amides is 2. The maximum Gasteiger partial charge on any atom is 0.389 e. The van der Waals surface area contributed by atoms with E-state index in [-0.39, 0.29) is 45.2 Å². The summed E-state index contributed by atoms with van der Waals surface area (Å²) in [6.07, 6.45) is -4.45. The molecule has 216 valence electrons. The molecule has 0 saturated heterocycles. The minimum absolute atomic E-state index is 0.0507. The van der Waals surface area contributed by atoms with Crippen LogP contribution in [-0.4, -0.2) is 35.6 Å². The number of furan rings is 1. The molecule has 5 rings (SSSR count). The van der Waals surface area contributed by atoms with Gasteiger partial charge in [0.25, 0.3) is 11.8 Å². The molecule has 42 heavy (non-hydrogen) atoms. The maximum atomic E-state index is 13.6. The van der Waals surface area contributed by atoms with Crippen molar-refractivity contribution < 1.29 is 31.6 Å². The summed E-state index contributed by atoms with van der Waals surface area (Å²) in [4.78, 5) is 30.5. The number of aryl methyl sites for hydroxylation is 1. The molecule has 1 atom stereocenters. The standard InChI is InChI=1S/C31H26F4N4O3/c1-30(16-36,20-8-9-20)39-27(40)19-5-3-4-18(14-19)22-15-23-25(28(41)37-2)26(17-6-10-21(32)11-7-17)42-29(23)38-24(22)12-13-31(33,34)35/h3-7,10-11,14-15,20H,8-9,12-13H2,1-2H3,(H,37,41)(H,39,40)/t30-/m0/s1. The van der Waals surface area contributed by atoms with Gasteiger partial charge in [-0.05, 0) is 80.1 Å². The number of nitrogens with zero attached hydrogens (tertiary/aromatic N) is 2. The molecular weight excluding hydrogens is 552 g/mol. The van der Waals surface area contributed by atoms with E-state index in [4.69, 9.17) is 4.42 Å². The number of alkyl halides is 3. The molecule has 0 bridgehead atoms. The molecule has 2 amide bonds. The molecule has 2 aromatic heterocycles. The first-order valence-electron chi connectivity index (χ1n) is 13.3. The number of benzene rings is 2. The predicted octanol–water partition coefficient (Wildman–Crippen LogP) is 6.58. The Balaban J connectivity index is 1.65. The van der Waals surface area contributed by atoms with Crippen LogP contribution in [0.1, 0.15) is 52.6 Å². The van der Waals surface area contributed by atoms with Gasteiger partial charge in [-0.25, -0.2) is 9.37 Å². The van der Waals surface area contributed by atoms with Gasteiger partial charge in [-0.15, -0.1) is 0 Å². The third-order valence-electron chi connectivity index (χ3n) is 7.40. The first-order valence-corrected chi connectivity index (χ1v) is 13.3. The molecule has 0 radical (unpaired) electrons. The average molecular weight is 579 g/mol. The molecule has 2 heterocycles. The second-order valence-corrected chi connectivity index (χ2v) is 10.5. The normalized spacial score (nSPS) is 14.7. The van der Waals surface area contributed by atoms with Gasteiger partial charge >= 0.3 is 6.18 Å². The van der Waals surface area contributed by atoms with Crippen LogP contribution in [0.25, 0.3) is 33.6 Å². The molecule has 0 unspecified atom stereocenters. The number of halogens is 4. The SMILES string of the molecule is CNC(=O)c1c(-c2ccc(F)cc2)oc2nc(CCC(F)(F)F)c(-c3cccc(C(=O)N[C@@](C)(C#N)C4CC4)c3)cc12. The molecule has 1 fully saturated rings. The lowest BCUT2D eigenvalue weighted by molar-refractivity contribution is -0.134. The fourth-order valence-electron chi connectivity index (χ4n) is 4.93. The summed E-state index contributed by atoms with van der Waals surface area (Å²) in [7, 11) is 1.42. The lowest BCUT2D eigenvalue weighted by Crippen LogP contribution is -2.46. The Kier molecular flexibility index (Phi) is 7.49. The first kappa shape index (κ1) is 28.8. The monoisotopic (exact) mass is 578 g/mol. The number of fused-ring (bicyclic) bond motifs is 1. The molecule has 0 spiro atoms. The smallest absolute Gasteiger partial charge is 0.389 e. The summed E-state index contributed by atoms with van der Waals surface area (Å²) in [5.74, 6) is -1.39. The van der Waals surface area contributed by atoms with Crippen molar-refractivity contribution in [1.82, 2.24) is 15.6 Å². The van der Waals surface area contributed by atoms with Crippen molar-refractivity contribution >= 4 is 22.9 Å². The summed E-state index contributed by atoms with van der Waals surface area (Å²) in [5, 5.41) is 15.2. The number of pyridine rings is 1. The van der Waals surface area contributed by atoms with Crippen molar-refractivity contribution in [2.45, 2.75) is 44.3 Å². The van der Waals surface area contributed by atoms with Gasteiger partial charge in [0, 0.05) is 30.2 Å². The van der Waals surface area contributed by atoms with Crippen LogP contribution in [0.2, 0.25) is 0 Å². The van der Waals surface area contributed by atoms with Gasteiger partial charge in [-0.3, -0.25) is 9.59 Å². The molecule has 7 nitrogen and oxygen atoms in total. The Labute approximate surface area is 238 Å². The van der Waals surface area contributed by atoms with E-state index < -0.39 is 42.2 Å². The molecular formula is C31H26F4N4O3. The van der Waals surface area contributed by atoms with Crippen molar-refractivity contribution in [2.24, 2.45) is 5.92 Å². The highest BCUT2D eigenvalue weighted by Gasteiger charge is 2.43. The molecule has 2 N–H and O–H groups in total. The zero-order chi connectivity index (χ0) is 30.2. The lowest BCUT2D eigenvalue weighted by Gasteiger charge is -2.23. The van der Waals surface area contributed by atoms with E-state index in [1.54, 1.807) is 25.1 Å². The van der Waals surface area contributed by atoms with Gasteiger partial charge in [0.15, 0.2) is 0 Å². The van der Waals surface area contributed by atoms with Crippen LogP contribution in [-0.2, 0) is 6.42 Å². The molecule has 0 aliphatic heterocycles. The summed E-state index contributed by atoms with van der Waals surface area (Å²) < 4.78 is 59.3. The molecule has 2 aromatic carbocycles. The van der Waals surface area contributed by atoms with Crippen LogP contribution in [0.15, 0.2) is 59.0 Å². The van der Waals surface area contributed by atoms with Crippen molar-refractivity contribution in [2.75, 3.05) is 7.05 Å². The number of nitrogens with one attached hydrogen (secondary N) is 2. The van der Waals surface area contributed by atoms with Crippen molar-refractivity contribution in [3.63, 3.8) is 0 Å². The van der Waals surface area contributed by atoms with Crippen LogP contribution >= 0.6 is 0 Å². The van der Waals surface area contributed by atoms with Crippen LogP contribution in [0, 0.1) is 23.1 Å². The molecule has 11 heteroatoms. The average Bonchev–Trinajstić information content (AvgIpc) is 3.77. The zero-order valence-electron chi connectivity index (χ0n) is 22.7. The van der Waals surface area contributed by atoms with Gasteiger partial charge < -0.3 is 15.1 Å². The number of rotatable bonds is 8. The van der Waals surface area contributed by atoms with Crippen LogP contribution < -0.4 is 10.6 Å². The fourth-order valence-corrected chi connectivity index (χ4v) is 4.93. The number of nitriles is 1. The molecule has 4 aromatic rings. The second kappa shape index (κ2) is 10.9. The van der Waals surface area contributed by atoms with E-state index in [2.05, 4.69) is 21.7 Å². The molecule has 1 aliphatic carbocycles. The highest BCUT2D eigenvalue weighted by Crippen LogP contribution is 2.40. The van der Waals surface area contributed by atoms with Crippen molar-refractivity contribution in [3.8, 4) is 28.5 Å². The minimum Gasteiger partial charge on any atom is -0.437 e. The minimum atomic E-state index is -4.46. The van der Waals surface area contributed by atoms with E-state index in [0.717, 1.165) is 12.8 Å². The lowest BCUT2D eigenvalue weighted by atomic mass is 9.95. The topological polar surface area (TPSA) is 108 Å². The van der Waals surface area contributed by atoms with E-state index >= 15 is 0 Å². The van der Waals surface area contributed by atoms with Crippen LogP contribution in [0.4, 0.5) is 17.6 Å². The van der Waals surface area contributed by atoms with Gasteiger partial charge in [-0.1, -0.05) is 12.1 Å². The maximum absolute atomic E-state index is 13.6. The Morgan fingerprint density at radius 2 is 1.79 bits per heavy atom. The van der Waals surface area contributed by atoms with Gasteiger partial charge in [0.05, 0.1) is 22.7 Å². The summed E-state index contributed by atoms with van der Waals surface area (Å²) in [5.41, 5.74) is 0.301. The predicted molar refractivity (Wildman–Crippen MR) is 147 cm³/mol. The van der Waals surface area contributed by atoms with E-state index in [1.807, 2.05) is 0 Å². The van der Waals surface area contributed by atoms with E-state index in [9.17, 15) is 32.4 Å². The molecule has 1 aliphatic rings. The Morgan fingerprint density at radius 3 is 2.40 bits per heavy atom. The zero-order valence-corrected chi connectivity index (χ0v) is 22.7. The Morgan fingerprint density at radius 1 is 1.07 bits per heavy atom. The van der Waals surface area contributed by atoms with E-state index in [0.29, 0.717) is 11.1 Å². The van der Waals surface area contributed by atoms with Crippen LogP contribution in [0.3, 0.4) is 0 Å². The highest BCUT2D eigenvalue weighted by atomic mass is 19.4. The number of hydrogen-bond donors (Lipinski definition) is 2. The summed E-state index contributed by atoms with van der Waals surface area (Å²) in [6, 6.07) is 15.2. The number of hydrogen-bond acceptors (Lipinski definition) is 5. The third-order valence-corrected chi connectivity index (χ3v) is 7.40. The number of aromatic nitrogens is 1. The summed E-state index contributed by atoms with van der Waals surface area (Å²) >= 11 is 0. The van der Waals surface area contributed by atoms with Gasteiger partial charge in [0.1, 0.15) is 17.1 Å². The summed E-state index contributed by atoms with van der Waals surface area (Å²) in [6.45, 7) is 1.66. The Hall–Kier alpha value is -4.72. The number of carbonyl (C=O) groups is 2. The first-order chi connectivity index (χ1) is 19.9. The quantitative estimate of drug-likeness (QED) is 0.230.